The number of aryl methyl sites for hydroxylation is 1. The number of rotatable bonds is 4. The normalized spacial score (nSPS) is 18.6. The van der Waals surface area contributed by atoms with Crippen LogP contribution in [-0.4, -0.2) is 22.6 Å². The Morgan fingerprint density at radius 3 is 2.81 bits per heavy atom. The van der Waals surface area contributed by atoms with Gasteiger partial charge in [-0.25, -0.2) is 9.97 Å². The molecule has 0 spiro atoms. The zero-order valence-electron chi connectivity index (χ0n) is 9.82. The van der Waals surface area contributed by atoms with Crippen LogP contribution in [0.15, 0.2) is 12.4 Å². The first-order chi connectivity index (χ1) is 7.79. The van der Waals surface area contributed by atoms with Gasteiger partial charge in [-0.15, -0.1) is 0 Å². The molecule has 2 rings (SSSR count). The van der Waals surface area contributed by atoms with Crippen molar-refractivity contribution in [1.29, 1.82) is 0 Å². The van der Waals surface area contributed by atoms with Crippen LogP contribution < -0.4 is 11.1 Å². The van der Waals surface area contributed by atoms with Crippen molar-refractivity contribution < 1.29 is 0 Å². The zero-order valence-corrected chi connectivity index (χ0v) is 9.82. The maximum Gasteiger partial charge on any atom is 0.129 e. The largest absolute Gasteiger partial charge is 0.366 e. The van der Waals surface area contributed by atoms with Gasteiger partial charge in [-0.05, 0) is 25.7 Å². The Hall–Kier alpha value is -1.16. The third-order valence-electron chi connectivity index (χ3n) is 3.36. The van der Waals surface area contributed by atoms with Crippen LogP contribution in [0.25, 0.3) is 0 Å². The fourth-order valence-electron chi connectivity index (χ4n) is 2.45. The van der Waals surface area contributed by atoms with E-state index < -0.39 is 0 Å². The molecule has 1 aliphatic carbocycles. The van der Waals surface area contributed by atoms with Crippen molar-refractivity contribution in [1.82, 2.24) is 9.97 Å². The Bertz CT molecular complexity index is 334. The third kappa shape index (κ3) is 2.70. The molecule has 0 aromatic carbocycles. The average Bonchev–Trinajstić information content (AvgIpc) is 2.79. The molecule has 0 radical (unpaired) electrons. The van der Waals surface area contributed by atoms with Crippen molar-refractivity contribution in [2.24, 2.45) is 11.7 Å². The van der Waals surface area contributed by atoms with E-state index in [4.69, 9.17) is 5.73 Å². The number of nitrogens with zero attached hydrogens (tertiary/aromatic N) is 2. The summed E-state index contributed by atoms with van der Waals surface area (Å²) >= 11 is 0. The monoisotopic (exact) mass is 220 g/mol. The highest BCUT2D eigenvalue weighted by molar-refractivity contribution is 5.36. The van der Waals surface area contributed by atoms with E-state index in [1.165, 1.54) is 25.7 Å². The summed E-state index contributed by atoms with van der Waals surface area (Å²) in [6, 6.07) is 2.33. The number of aromatic nitrogens is 2. The molecule has 1 aromatic rings. The van der Waals surface area contributed by atoms with Crippen LogP contribution in [0.4, 0.5) is 5.82 Å². The quantitative estimate of drug-likeness (QED) is 0.811. The first-order valence-corrected chi connectivity index (χ1v) is 6.05. The van der Waals surface area contributed by atoms with E-state index in [0.717, 1.165) is 11.5 Å². The van der Waals surface area contributed by atoms with Gasteiger partial charge in [0.15, 0.2) is 0 Å². The summed E-state index contributed by atoms with van der Waals surface area (Å²) in [5, 5.41) is 3.44. The summed E-state index contributed by atoms with van der Waals surface area (Å²) < 4.78 is 0. The van der Waals surface area contributed by atoms with Gasteiger partial charge in [0.2, 0.25) is 0 Å². The molecule has 1 heterocycles. The third-order valence-corrected chi connectivity index (χ3v) is 3.36. The van der Waals surface area contributed by atoms with Gasteiger partial charge in [-0.3, -0.25) is 0 Å². The van der Waals surface area contributed by atoms with Crippen LogP contribution in [0.5, 0.6) is 0 Å². The van der Waals surface area contributed by atoms with Crippen molar-refractivity contribution in [3.05, 3.63) is 18.1 Å². The molecule has 1 aliphatic rings. The SMILES string of the molecule is Cc1cc(NC(CN)C2CCCC2)ncn1. The summed E-state index contributed by atoms with van der Waals surface area (Å²) in [6.07, 6.45) is 6.86. The van der Waals surface area contributed by atoms with Crippen LogP contribution in [0, 0.1) is 12.8 Å². The van der Waals surface area contributed by atoms with Gasteiger partial charge in [-0.1, -0.05) is 12.8 Å². The Kier molecular flexibility index (Phi) is 3.72. The van der Waals surface area contributed by atoms with Gasteiger partial charge < -0.3 is 11.1 Å². The van der Waals surface area contributed by atoms with Crippen LogP contribution in [0.1, 0.15) is 31.4 Å². The van der Waals surface area contributed by atoms with Crippen molar-refractivity contribution in [2.45, 2.75) is 38.6 Å². The highest BCUT2D eigenvalue weighted by atomic mass is 15.0. The predicted octanol–water partition coefficient (Wildman–Crippen LogP) is 1.71. The molecule has 0 aliphatic heterocycles. The highest BCUT2D eigenvalue weighted by Crippen LogP contribution is 2.28. The minimum absolute atomic E-state index is 0.358. The minimum atomic E-state index is 0.358. The first kappa shape index (κ1) is 11.3. The van der Waals surface area contributed by atoms with Crippen molar-refractivity contribution in [2.75, 3.05) is 11.9 Å². The molecule has 0 bridgehead atoms. The second-order valence-electron chi connectivity index (χ2n) is 4.58. The number of nitrogens with two attached hydrogens (primary N) is 1. The van der Waals surface area contributed by atoms with Crippen LogP contribution in [0.3, 0.4) is 0 Å². The van der Waals surface area contributed by atoms with Gasteiger partial charge in [0.1, 0.15) is 12.1 Å². The number of hydrogen-bond acceptors (Lipinski definition) is 4. The van der Waals surface area contributed by atoms with Crippen LogP contribution in [0.2, 0.25) is 0 Å². The fourth-order valence-corrected chi connectivity index (χ4v) is 2.45. The number of anilines is 1. The van der Waals surface area contributed by atoms with E-state index in [0.29, 0.717) is 18.5 Å². The average molecular weight is 220 g/mol. The lowest BCUT2D eigenvalue weighted by Gasteiger charge is -2.23. The lowest BCUT2D eigenvalue weighted by molar-refractivity contribution is 0.461. The Morgan fingerprint density at radius 2 is 2.19 bits per heavy atom. The molecular formula is C12H20N4. The standard InChI is InChI=1S/C12H20N4/c1-9-6-12(15-8-14-9)16-11(7-13)10-4-2-3-5-10/h6,8,10-11H,2-5,7,13H2,1H3,(H,14,15,16). The van der Waals surface area contributed by atoms with E-state index in [1.807, 2.05) is 13.0 Å². The molecule has 4 heteroatoms. The van der Waals surface area contributed by atoms with Crippen LogP contribution >= 0.6 is 0 Å². The molecule has 0 saturated heterocycles. The maximum atomic E-state index is 5.83. The predicted molar refractivity (Wildman–Crippen MR) is 65.2 cm³/mol. The Balaban J connectivity index is 2.00. The van der Waals surface area contributed by atoms with E-state index >= 15 is 0 Å². The van der Waals surface area contributed by atoms with Gasteiger partial charge in [0.25, 0.3) is 0 Å². The minimum Gasteiger partial charge on any atom is -0.366 e. The highest BCUT2D eigenvalue weighted by Gasteiger charge is 2.23. The molecule has 1 aromatic heterocycles. The lowest BCUT2D eigenvalue weighted by atomic mass is 9.98. The number of hydrogen-bond donors (Lipinski definition) is 2. The van der Waals surface area contributed by atoms with Gasteiger partial charge in [0, 0.05) is 24.3 Å². The molecule has 1 saturated carbocycles. The van der Waals surface area contributed by atoms with Crippen molar-refractivity contribution in [3.63, 3.8) is 0 Å². The summed E-state index contributed by atoms with van der Waals surface area (Å²) in [6.45, 7) is 2.65. The Morgan fingerprint density at radius 1 is 1.44 bits per heavy atom. The Labute approximate surface area is 96.7 Å². The summed E-state index contributed by atoms with van der Waals surface area (Å²) in [5.74, 6) is 1.61. The van der Waals surface area contributed by atoms with E-state index in [-0.39, 0.29) is 0 Å². The van der Waals surface area contributed by atoms with Gasteiger partial charge >= 0.3 is 0 Å². The number of nitrogens with one attached hydrogen (secondary N) is 1. The molecular weight excluding hydrogens is 200 g/mol. The maximum absolute atomic E-state index is 5.83. The molecule has 4 nitrogen and oxygen atoms in total. The second-order valence-corrected chi connectivity index (χ2v) is 4.58. The second kappa shape index (κ2) is 5.25. The van der Waals surface area contributed by atoms with Crippen molar-refractivity contribution in [3.8, 4) is 0 Å². The summed E-state index contributed by atoms with van der Waals surface area (Å²) in [4.78, 5) is 8.31. The van der Waals surface area contributed by atoms with E-state index in [9.17, 15) is 0 Å². The topological polar surface area (TPSA) is 63.8 Å². The van der Waals surface area contributed by atoms with Gasteiger partial charge in [0.05, 0.1) is 0 Å². The molecule has 1 atom stereocenters. The molecule has 1 unspecified atom stereocenters. The fraction of sp³-hybridized carbons (Fsp3) is 0.667. The summed E-state index contributed by atoms with van der Waals surface area (Å²) in [5.41, 5.74) is 6.82. The van der Waals surface area contributed by atoms with E-state index in [1.54, 1.807) is 6.33 Å². The lowest BCUT2D eigenvalue weighted by Crippen LogP contribution is -2.35. The molecule has 0 amide bonds. The van der Waals surface area contributed by atoms with Crippen molar-refractivity contribution >= 4 is 5.82 Å². The van der Waals surface area contributed by atoms with Gasteiger partial charge in [-0.2, -0.15) is 0 Å². The van der Waals surface area contributed by atoms with Crippen LogP contribution in [-0.2, 0) is 0 Å². The first-order valence-electron chi connectivity index (χ1n) is 6.05. The molecule has 16 heavy (non-hydrogen) atoms. The molecule has 1 fully saturated rings. The zero-order chi connectivity index (χ0) is 11.4. The molecule has 88 valence electrons. The summed E-state index contributed by atoms with van der Waals surface area (Å²) in [7, 11) is 0. The van der Waals surface area contributed by atoms with E-state index in [2.05, 4.69) is 15.3 Å². The smallest absolute Gasteiger partial charge is 0.129 e. The molecule has 3 N–H and O–H groups in total.